The highest BCUT2D eigenvalue weighted by Crippen LogP contribution is 2.12. The molecule has 0 fully saturated rings. The van der Waals surface area contributed by atoms with Crippen molar-refractivity contribution >= 4 is 16.0 Å². The molecule has 0 aliphatic heterocycles. The van der Waals surface area contributed by atoms with Crippen LogP contribution in [0.3, 0.4) is 0 Å². The third-order valence-corrected chi connectivity index (χ3v) is 4.11. The lowest BCUT2D eigenvalue weighted by Gasteiger charge is -2.13. The lowest BCUT2D eigenvalue weighted by atomic mass is 10.2. The average Bonchev–Trinajstić information content (AvgIpc) is 2.37. The number of sulfonamides is 1. The fourth-order valence-corrected chi connectivity index (χ4v) is 2.75. The monoisotopic (exact) mass is 287 g/mol. The van der Waals surface area contributed by atoms with Crippen LogP contribution < -0.4 is 4.72 Å². The zero-order chi connectivity index (χ0) is 14.5. The molecule has 1 aromatic carbocycles. The smallest absolute Gasteiger partial charge is 0.337 e. The van der Waals surface area contributed by atoms with E-state index in [9.17, 15) is 13.2 Å². The van der Waals surface area contributed by atoms with Crippen molar-refractivity contribution in [1.82, 2.24) is 4.72 Å². The Morgan fingerprint density at radius 1 is 1.37 bits per heavy atom. The Bertz CT molecular complexity index is 524. The lowest BCUT2D eigenvalue weighted by Crippen LogP contribution is -2.33. The molecule has 1 rings (SSSR count). The van der Waals surface area contributed by atoms with Crippen LogP contribution in [0.2, 0.25) is 0 Å². The summed E-state index contributed by atoms with van der Waals surface area (Å²) in [7, 11) is -2.39. The number of esters is 1. The molecule has 1 aromatic rings. The summed E-state index contributed by atoms with van der Waals surface area (Å²) < 4.78 is 30.9. The minimum Gasteiger partial charge on any atom is -0.465 e. The molecule has 0 aliphatic carbocycles. The SMILES string of the molecule is COC(=O)c1ccc(S(=O)(=O)NC(C)CCO)cc1. The molecule has 0 aromatic heterocycles. The van der Waals surface area contributed by atoms with Gasteiger partial charge in [-0.15, -0.1) is 0 Å². The Kier molecular flexibility index (Phi) is 5.46. The van der Waals surface area contributed by atoms with Crippen molar-refractivity contribution in [3.63, 3.8) is 0 Å². The summed E-state index contributed by atoms with van der Waals surface area (Å²) in [5.41, 5.74) is 0.282. The van der Waals surface area contributed by atoms with Crippen LogP contribution in [0.25, 0.3) is 0 Å². The number of ether oxygens (including phenoxy) is 1. The van der Waals surface area contributed by atoms with E-state index < -0.39 is 16.0 Å². The van der Waals surface area contributed by atoms with Crippen LogP contribution >= 0.6 is 0 Å². The highest BCUT2D eigenvalue weighted by atomic mass is 32.2. The van der Waals surface area contributed by atoms with Gasteiger partial charge in [-0.25, -0.2) is 17.9 Å². The molecule has 0 heterocycles. The van der Waals surface area contributed by atoms with Gasteiger partial charge in [-0.3, -0.25) is 0 Å². The molecule has 7 heteroatoms. The molecule has 0 radical (unpaired) electrons. The summed E-state index contributed by atoms with van der Waals surface area (Å²) in [4.78, 5) is 11.3. The Morgan fingerprint density at radius 3 is 2.42 bits per heavy atom. The van der Waals surface area contributed by atoms with Gasteiger partial charge in [-0.2, -0.15) is 0 Å². The van der Waals surface area contributed by atoms with Crippen molar-refractivity contribution in [2.45, 2.75) is 24.3 Å². The number of hydrogen-bond donors (Lipinski definition) is 2. The number of hydrogen-bond acceptors (Lipinski definition) is 5. The standard InChI is InChI=1S/C12H17NO5S/c1-9(7-8-14)13-19(16,17)11-5-3-10(4-6-11)12(15)18-2/h3-6,9,13-14H,7-8H2,1-2H3. The van der Waals surface area contributed by atoms with E-state index >= 15 is 0 Å². The highest BCUT2D eigenvalue weighted by molar-refractivity contribution is 7.89. The Morgan fingerprint density at radius 2 is 1.95 bits per heavy atom. The third kappa shape index (κ3) is 4.30. The number of nitrogens with one attached hydrogen (secondary N) is 1. The number of carbonyl (C=O) groups excluding carboxylic acids is 1. The topological polar surface area (TPSA) is 92.7 Å². The summed E-state index contributed by atoms with van der Waals surface area (Å²) in [6.07, 6.45) is 0.333. The van der Waals surface area contributed by atoms with Gasteiger partial charge < -0.3 is 9.84 Å². The van der Waals surface area contributed by atoms with Crippen molar-refractivity contribution < 1.29 is 23.1 Å². The molecular weight excluding hydrogens is 270 g/mol. The fourth-order valence-electron chi connectivity index (χ4n) is 1.47. The van der Waals surface area contributed by atoms with Crippen molar-refractivity contribution in [2.75, 3.05) is 13.7 Å². The molecule has 1 atom stereocenters. The number of aliphatic hydroxyl groups excluding tert-OH is 1. The molecule has 0 saturated heterocycles. The lowest BCUT2D eigenvalue weighted by molar-refractivity contribution is 0.0600. The quantitative estimate of drug-likeness (QED) is 0.744. The van der Waals surface area contributed by atoms with Crippen LogP contribution in [0, 0.1) is 0 Å². The number of aliphatic hydroxyl groups is 1. The minimum absolute atomic E-state index is 0.0601. The summed E-state index contributed by atoms with van der Waals surface area (Å²) >= 11 is 0. The van der Waals surface area contributed by atoms with E-state index in [-0.39, 0.29) is 23.1 Å². The molecule has 0 amide bonds. The fraction of sp³-hybridized carbons (Fsp3) is 0.417. The summed E-state index contributed by atoms with van der Waals surface area (Å²) in [6, 6.07) is 5.07. The van der Waals surface area contributed by atoms with Gasteiger partial charge in [0.25, 0.3) is 0 Å². The van der Waals surface area contributed by atoms with Gasteiger partial charge in [0, 0.05) is 12.6 Å². The van der Waals surface area contributed by atoms with E-state index in [2.05, 4.69) is 9.46 Å². The van der Waals surface area contributed by atoms with Crippen LogP contribution in [0.15, 0.2) is 29.2 Å². The molecule has 0 saturated carbocycles. The minimum atomic E-state index is -3.64. The van der Waals surface area contributed by atoms with E-state index in [0.29, 0.717) is 6.42 Å². The van der Waals surface area contributed by atoms with Crippen molar-refractivity contribution in [1.29, 1.82) is 0 Å². The molecule has 0 aliphatic rings. The second-order valence-electron chi connectivity index (χ2n) is 4.05. The zero-order valence-electron chi connectivity index (χ0n) is 10.8. The Labute approximate surface area is 112 Å². The molecule has 0 spiro atoms. The van der Waals surface area contributed by atoms with Gasteiger partial charge in [-0.05, 0) is 37.6 Å². The molecule has 19 heavy (non-hydrogen) atoms. The highest BCUT2D eigenvalue weighted by Gasteiger charge is 2.17. The molecule has 2 N–H and O–H groups in total. The first kappa shape index (κ1) is 15.6. The predicted octanol–water partition coefficient (Wildman–Crippen LogP) is 0.522. The van der Waals surface area contributed by atoms with E-state index in [0.717, 1.165) is 0 Å². The van der Waals surface area contributed by atoms with Gasteiger partial charge in [0.1, 0.15) is 0 Å². The summed E-state index contributed by atoms with van der Waals surface area (Å²) in [5.74, 6) is -0.523. The number of carbonyl (C=O) groups is 1. The summed E-state index contributed by atoms with van der Waals surface area (Å²) in [6.45, 7) is 1.57. The molecule has 6 nitrogen and oxygen atoms in total. The van der Waals surface area contributed by atoms with E-state index in [1.165, 1.54) is 31.4 Å². The van der Waals surface area contributed by atoms with Crippen LogP contribution in [0.1, 0.15) is 23.7 Å². The Balaban J connectivity index is 2.88. The molecule has 1 unspecified atom stereocenters. The van der Waals surface area contributed by atoms with Crippen LogP contribution in [0.4, 0.5) is 0 Å². The summed E-state index contributed by atoms with van der Waals surface area (Å²) in [5, 5.41) is 8.74. The van der Waals surface area contributed by atoms with Gasteiger partial charge in [0.2, 0.25) is 10.0 Å². The van der Waals surface area contributed by atoms with Crippen molar-refractivity contribution in [3.8, 4) is 0 Å². The second-order valence-corrected chi connectivity index (χ2v) is 5.76. The first-order chi connectivity index (χ1) is 8.90. The van der Waals surface area contributed by atoms with Gasteiger partial charge in [0.15, 0.2) is 0 Å². The van der Waals surface area contributed by atoms with Crippen molar-refractivity contribution in [2.24, 2.45) is 0 Å². The third-order valence-electron chi connectivity index (χ3n) is 2.50. The number of benzene rings is 1. The number of methoxy groups -OCH3 is 1. The van der Waals surface area contributed by atoms with E-state index in [4.69, 9.17) is 5.11 Å². The average molecular weight is 287 g/mol. The van der Waals surface area contributed by atoms with Crippen LogP contribution in [0.5, 0.6) is 0 Å². The normalized spacial score (nSPS) is 13.0. The predicted molar refractivity (Wildman–Crippen MR) is 69.3 cm³/mol. The maximum absolute atomic E-state index is 12.0. The zero-order valence-corrected chi connectivity index (χ0v) is 11.6. The maximum Gasteiger partial charge on any atom is 0.337 e. The molecule has 106 valence electrons. The largest absolute Gasteiger partial charge is 0.465 e. The van der Waals surface area contributed by atoms with Gasteiger partial charge in [-0.1, -0.05) is 0 Å². The van der Waals surface area contributed by atoms with E-state index in [1.807, 2.05) is 0 Å². The van der Waals surface area contributed by atoms with Crippen molar-refractivity contribution in [3.05, 3.63) is 29.8 Å². The van der Waals surface area contributed by atoms with E-state index in [1.54, 1.807) is 6.92 Å². The first-order valence-corrected chi connectivity index (χ1v) is 7.20. The maximum atomic E-state index is 12.0. The van der Waals surface area contributed by atoms with Gasteiger partial charge >= 0.3 is 5.97 Å². The molecule has 0 bridgehead atoms. The van der Waals surface area contributed by atoms with Crippen LogP contribution in [-0.2, 0) is 14.8 Å². The second kappa shape index (κ2) is 6.65. The molecular formula is C12H17NO5S. The number of rotatable bonds is 6. The van der Waals surface area contributed by atoms with Crippen LogP contribution in [-0.4, -0.2) is 39.3 Å². The van der Waals surface area contributed by atoms with Gasteiger partial charge in [0.05, 0.1) is 17.6 Å². The Hall–Kier alpha value is -1.44. The first-order valence-electron chi connectivity index (χ1n) is 5.72.